The van der Waals surface area contributed by atoms with Gasteiger partial charge in [-0.15, -0.1) is 0 Å². The van der Waals surface area contributed by atoms with E-state index in [1.165, 1.54) is 25.0 Å². The van der Waals surface area contributed by atoms with E-state index in [0.717, 1.165) is 6.54 Å². The van der Waals surface area contributed by atoms with E-state index in [-0.39, 0.29) is 0 Å². The second-order valence-corrected chi connectivity index (χ2v) is 5.42. The number of thioether (sulfide) groups is 1. The Morgan fingerprint density at radius 2 is 2.36 bits per heavy atom. The van der Waals surface area contributed by atoms with Crippen molar-refractivity contribution in [2.75, 3.05) is 12.3 Å². The third kappa shape index (κ3) is 4.74. The summed E-state index contributed by atoms with van der Waals surface area (Å²) in [6.07, 6.45) is 4.01. The van der Waals surface area contributed by atoms with E-state index < -0.39 is 0 Å². The van der Waals surface area contributed by atoms with Crippen LogP contribution in [-0.2, 0) is 0 Å². The fourth-order valence-corrected chi connectivity index (χ4v) is 2.71. The zero-order valence-corrected chi connectivity index (χ0v) is 9.94. The van der Waals surface area contributed by atoms with Gasteiger partial charge in [0.05, 0.1) is 6.54 Å². The Hall–Kier alpha value is -0.380. The minimum atomic E-state index is 0.373. The zero-order valence-electron chi connectivity index (χ0n) is 9.12. The number of aliphatic imine (C=N–C) groups is 1. The highest BCUT2D eigenvalue weighted by atomic mass is 32.2. The average Bonchev–Trinajstić information content (AvgIpc) is 2.15. The molecule has 82 valence electrons. The molecule has 0 aliphatic carbocycles. The normalized spacial score (nSPS) is 23.9. The molecule has 14 heavy (non-hydrogen) atoms. The molecule has 0 amide bonds. The van der Waals surface area contributed by atoms with Crippen LogP contribution in [0.15, 0.2) is 4.99 Å². The van der Waals surface area contributed by atoms with Crippen LogP contribution in [0, 0.1) is 0 Å². The topological polar surface area (TPSA) is 50.4 Å². The van der Waals surface area contributed by atoms with E-state index in [0.29, 0.717) is 17.3 Å². The van der Waals surface area contributed by atoms with Crippen molar-refractivity contribution in [2.24, 2.45) is 10.7 Å². The van der Waals surface area contributed by atoms with Gasteiger partial charge < -0.3 is 11.1 Å². The van der Waals surface area contributed by atoms with E-state index >= 15 is 0 Å². The van der Waals surface area contributed by atoms with E-state index in [1.54, 1.807) is 0 Å². The molecule has 0 radical (unpaired) electrons. The Labute approximate surface area is 90.9 Å². The first-order valence-corrected chi connectivity index (χ1v) is 6.41. The maximum absolute atomic E-state index is 5.72. The molecular formula is C10H21N3S. The highest BCUT2D eigenvalue weighted by Gasteiger charge is 2.12. The number of hydrogen-bond acceptors (Lipinski definition) is 2. The molecule has 1 unspecified atom stereocenters. The Balaban J connectivity index is 2.22. The molecule has 1 heterocycles. The smallest absolute Gasteiger partial charge is 0.188 e. The van der Waals surface area contributed by atoms with Gasteiger partial charge in [0.25, 0.3) is 0 Å². The van der Waals surface area contributed by atoms with Crippen LogP contribution >= 0.6 is 11.8 Å². The summed E-state index contributed by atoms with van der Waals surface area (Å²) in [5, 5.41) is 3.79. The number of hydrogen-bond donors (Lipinski definition) is 2. The quantitative estimate of drug-likeness (QED) is 0.555. The van der Waals surface area contributed by atoms with Gasteiger partial charge in [0, 0.05) is 11.3 Å². The predicted octanol–water partition coefficient (Wildman–Crippen LogP) is 1.58. The zero-order chi connectivity index (χ0) is 10.4. The summed E-state index contributed by atoms with van der Waals surface area (Å²) < 4.78 is 0. The van der Waals surface area contributed by atoms with Gasteiger partial charge in [-0.25, -0.2) is 0 Å². The predicted molar refractivity (Wildman–Crippen MR) is 64.9 cm³/mol. The molecule has 0 saturated carbocycles. The number of guanidine groups is 1. The maximum Gasteiger partial charge on any atom is 0.188 e. The molecule has 0 spiro atoms. The Kier molecular flexibility index (Phi) is 5.15. The SMILES string of the molecule is CC(C)NC(N)=NCC1CCCCS1. The molecule has 0 aromatic carbocycles. The summed E-state index contributed by atoms with van der Waals surface area (Å²) in [4.78, 5) is 4.35. The van der Waals surface area contributed by atoms with E-state index in [2.05, 4.69) is 24.2 Å². The van der Waals surface area contributed by atoms with Gasteiger partial charge >= 0.3 is 0 Å². The second-order valence-electron chi connectivity index (χ2n) is 4.01. The second kappa shape index (κ2) is 6.17. The van der Waals surface area contributed by atoms with E-state index in [4.69, 9.17) is 5.73 Å². The lowest BCUT2D eigenvalue weighted by Crippen LogP contribution is -2.37. The lowest BCUT2D eigenvalue weighted by atomic mass is 10.2. The van der Waals surface area contributed by atoms with Crippen molar-refractivity contribution in [1.29, 1.82) is 0 Å². The maximum atomic E-state index is 5.72. The molecule has 1 aliphatic rings. The van der Waals surface area contributed by atoms with Crippen LogP contribution in [0.5, 0.6) is 0 Å². The summed E-state index contributed by atoms with van der Waals surface area (Å²) in [7, 11) is 0. The van der Waals surface area contributed by atoms with Crippen molar-refractivity contribution in [3.05, 3.63) is 0 Å². The van der Waals surface area contributed by atoms with Crippen molar-refractivity contribution in [2.45, 2.75) is 44.4 Å². The van der Waals surface area contributed by atoms with Gasteiger partial charge in [-0.1, -0.05) is 6.42 Å². The molecular weight excluding hydrogens is 194 g/mol. The van der Waals surface area contributed by atoms with Crippen molar-refractivity contribution in [3.8, 4) is 0 Å². The summed E-state index contributed by atoms with van der Waals surface area (Å²) in [5.74, 6) is 1.88. The van der Waals surface area contributed by atoms with Crippen LogP contribution in [0.4, 0.5) is 0 Å². The molecule has 1 aliphatic heterocycles. The van der Waals surface area contributed by atoms with Crippen LogP contribution in [0.25, 0.3) is 0 Å². The van der Waals surface area contributed by atoms with E-state index in [9.17, 15) is 0 Å². The first kappa shape index (κ1) is 11.7. The molecule has 0 bridgehead atoms. The molecule has 0 aromatic heterocycles. The molecule has 1 atom stereocenters. The minimum Gasteiger partial charge on any atom is -0.370 e. The van der Waals surface area contributed by atoms with Crippen molar-refractivity contribution in [3.63, 3.8) is 0 Å². The molecule has 4 heteroatoms. The van der Waals surface area contributed by atoms with Gasteiger partial charge in [0.15, 0.2) is 5.96 Å². The van der Waals surface area contributed by atoms with Gasteiger partial charge in [-0.3, -0.25) is 4.99 Å². The third-order valence-corrected chi connectivity index (χ3v) is 3.56. The van der Waals surface area contributed by atoms with Crippen molar-refractivity contribution < 1.29 is 0 Å². The number of nitrogens with two attached hydrogens (primary N) is 1. The monoisotopic (exact) mass is 215 g/mol. The fourth-order valence-electron chi connectivity index (χ4n) is 1.49. The van der Waals surface area contributed by atoms with Crippen molar-refractivity contribution in [1.82, 2.24) is 5.32 Å². The lowest BCUT2D eigenvalue weighted by molar-refractivity contribution is 0.663. The summed E-state index contributed by atoms with van der Waals surface area (Å²) in [6.45, 7) is 5.01. The molecule has 3 N–H and O–H groups in total. The van der Waals surface area contributed by atoms with E-state index in [1.807, 2.05) is 11.8 Å². The summed E-state index contributed by atoms with van der Waals surface area (Å²) >= 11 is 2.03. The Morgan fingerprint density at radius 1 is 1.57 bits per heavy atom. The number of rotatable bonds is 3. The Bertz CT molecular complexity index is 186. The highest BCUT2D eigenvalue weighted by molar-refractivity contribution is 7.99. The van der Waals surface area contributed by atoms with Gasteiger partial charge in [-0.2, -0.15) is 11.8 Å². The van der Waals surface area contributed by atoms with Crippen LogP contribution in [0.3, 0.4) is 0 Å². The number of nitrogens with one attached hydrogen (secondary N) is 1. The first-order chi connectivity index (χ1) is 6.68. The molecule has 1 rings (SSSR count). The molecule has 1 fully saturated rings. The summed E-state index contributed by atoms with van der Waals surface area (Å²) in [6, 6.07) is 0.373. The standard InChI is InChI=1S/C10H21N3S/c1-8(2)13-10(11)12-7-9-5-3-4-6-14-9/h8-9H,3-7H2,1-2H3,(H3,11,12,13). The van der Waals surface area contributed by atoms with Crippen LogP contribution in [-0.4, -0.2) is 29.5 Å². The number of nitrogens with zero attached hydrogens (tertiary/aromatic N) is 1. The molecule has 0 aromatic rings. The molecule has 1 saturated heterocycles. The Morgan fingerprint density at radius 3 is 2.93 bits per heavy atom. The van der Waals surface area contributed by atoms with Gasteiger partial charge in [0.2, 0.25) is 0 Å². The largest absolute Gasteiger partial charge is 0.370 e. The van der Waals surface area contributed by atoms with Gasteiger partial charge in [-0.05, 0) is 32.4 Å². The third-order valence-electron chi connectivity index (χ3n) is 2.18. The first-order valence-electron chi connectivity index (χ1n) is 5.36. The van der Waals surface area contributed by atoms with Crippen molar-refractivity contribution >= 4 is 17.7 Å². The summed E-state index contributed by atoms with van der Waals surface area (Å²) in [5.41, 5.74) is 5.72. The molecule has 3 nitrogen and oxygen atoms in total. The highest BCUT2D eigenvalue weighted by Crippen LogP contribution is 2.24. The average molecular weight is 215 g/mol. The van der Waals surface area contributed by atoms with Crippen LogP contribution in [0.2, 0.25) is 0 Å². The minimum absolute atomic E-state index is 0.373. The lowest BCUT2D eigenvalue weighted by Gasteiger charge is -2.19. The van der Waals surface area contributed by atoms with Crippen LogP contribution in [0.1, 0.15) is 33.1 Å². The van der Waals surface area contributed by atoms with Gasteiger partial charge in [0.1, 0.15) is 0 Å². The van der Waals surface area contributed by atoms with Crippen LogP contribution < -0.4 is 11.1 Å². The fraction of sp³-hybridized carbons (Fsp3) is 0.900.